The molecule has 0 aliphatic carbocycles. The van der Waals surface area contributed by atoms with E-state index in [0.29, 0.717) is 6.54 Å². The molecule has 0 aromatic heterocycles. The molecule has 0 fully saturated rings. The minimum absolute atomic E-state index is 0.0323. The SMILES string of the molecule is CC(C)(C)CCNC(=O)c1cc(S(=O)(=O)Cl)c(F)cc1Cl. The first-order valence-corrected chi connectivity index (χ1v) is 8.82. The average Bonchev–Trinajstić information content (AvgIpc) is 2.24. The molecule has 0 aliphatic rings. The summed E-state index contributed by atoms with van der Waals surface area (Å²) in [6.45, 7) is 6.44. The molecule has 8 heteroatoms. The summed E-state index contributed by atoms with van der Waals surface area (Å²) >= 11 is 5.78. The first kappa shape index (κ1) is 18.2. The van der Waals surface area contributed by atoms with Gasteiger partial charge in [-0.3, -0.25) is 4.79 Å². The van der Waals surface area contributed by atoms with Gasteiger partial charge in [0.15, 0.2) is 0 Å². The molecule has 1 amide bonds. The van der Waals surface area contributed by atoms with Crippen LogP contribution in [0.4, 0.5) is 4.39 Å². The van der Waals surface area contributed by atoms with Crippen LogP contribution in [-0.2, 0) is 9.05 Å². The lowest BCUT2D eigenvalue weighted by Crippen LogP contribution is -2.27. The van der Waals surface area contributed by atoms with Gasteiger partial charge in [-0.25, -0.2) is 12.8 Å². The summed E-state index contributed by atoms with van der Waals surface area (Å²) in [5.74, 6) is -1.67. The van der Waals surface area contributed by atoms with E-state index < -0.39 is 25.7 Å². The molecule has 0 saturated carbocycles. The molecule has 0 atom stereocenters. The second kappa shape index (κ2) is 6.50. The fraction of sp³-hybridized carbons (Fsp3) is 0.462. The van der Waals surface area contributed by atoms with Crippen molar-refractivity contribution >= 4 is 37.2 Å². The van der Waals surface area contributed by atoms with E-state index in [1.165, 1.54) is 0 Å². The van der Waals surface area contributed by atoms with E-state index in [1.807, 2.05) is 20.8 Å². The molecular weight excluding hydrogens is 340 g/mol. The fourth-order valence-electron chi connectivity index (χ4n) is 1.54. The number of rotatable bonds is 4. The van der Waals surface area contributed by atoms with Crippen LogP contribution in [0.2, 0.25) is 5.02 Å². The fourth-order valence-corrected chi connectivity index (χ4v) is 2.68. The minimum Gasteiger partial charge on any atom is -0.352 e. The van der Waals surface area contributed by atoms with E-state index in [1.54, 1.807) is 0 Å². The molecule has 118 valence electrons. The Labute approximate surface area is 133 Å². The number of amides is 1. The van der Waals surface area contributed by atoms with Crippen molar-refractivity contribution in [1.82, 2.24) is 5.32 Å². The van der Waals surface area contributed by atoms with Crippen LogP contribution < -0.4 is 5.32 Å². The second-order valence-electron chi connectivity index (χ2n) is 5.77. The Morgan fingerprint density at radius 2 is 1.90 bits per heavy atom. The van der Waals surface area contributed by atoms with E-state index in [4.69, 9.17) is 22.3 Å². The van der Waals surface area contributed by atoms with Crippen molar-refractivity contribution in [3.63, 3.8) is 0 Å². The number of carbonyl (C=O) groups is 1. The minimum atomic E-state index is -4.29. The maximum atomic E-state index is 13.5. The van der Waals surface area contributed by atoms with Gasteiger partial charge in [0.2, 0.25) is 0 Å². The maximum Gasteiger partial charge on any atom is 0.264 e. The highest BCUT2D eigenvalue weighted by molar-refractivity contribution is 8.13. The normalized spacial score (nSPS) is 12.3. The van der Waals surface area contributed by atoms with Gasteiger partial charge in [-0.15, -0.1) is 0 Å². The van der Waals surface area contributed by atoms with Crippen molar-refractivity contribution in [2.75, 3.05) is 6.54 Å². The zero-order valence-electron chi connectivity index (χ0n) is 11.8. The van der Waals surface area contributed by atoms with Crippen molar-refractivity contribution in [2.24, 2.45) is 5.41 Å². The van der Waals surface area contributed by atoms with Gasteiger partial charge < -0.3 is 5.32 Å². The van der Waals surface area contributed by atoms with Gasteiger partial charge in [-0.1, -0.05) is 32.4 Å². The molecule has 0 saturated heterocycles. The van der Waals surface area contributed by atoms with Crippen molar-refractivity contribution in [1.29, 1.82) is 0 Å². The number of hydrogen-bond donors (Lipinski definition) is 1. The Morgan fingerprint density at radius 1 is 1.33 bits per heavy atom. The zero-order valence-corrected chi connectivity index (χ0v) is 14.2. The summed E-state index contributed by atoms with van der Waals surface area (Å²) in [4.78, 5) is 11.2. The summed E-state index contributed by atoms with van der Waals surface area (Å²) in [6.07, 6.45) is 0.720. The number of halogens is 3. The van der Waals surface area contributed by atoms with Crippen molar-refractivity contribution in [3.8, 4) is 0 Å². The predicted octanol–water partition coefficient (Wildman–Crippen LogP) is 3.57. The third-order valence-corrected chi connectivity index (χ3v) is 4.34. The van der Waals surface area contributed by atoms with Gasteiger partial charge in [-0.05, 0) is 24.0 Å². The number of hydrogen-bond acceptors (Lipinski definition) is 3. The van der Waals surface area contributed by atoms with E-state index in [2.05, 4.69) is 5.32 Å². The van der Waals surface area contributed by atoms with Gasteiger partial charge in [0.05, 0.1) is 10.6 Å². The number of nitrogens with one attached hydrogen (secondary N) is 1. The highest BCUT2D eigenvalue weighted by Gasteiger charge is 2.22. The first-order valence-electron chi connectivity index (χ1n) is 6.14. The molecule has 4 nitrogen and oxygen atoms in total. The summed E-state index contributed by atoms with van der Waals surface area (Å²) in [7, 11) is 0.823. The summed E-state index contributed by atoms with van der Waals surface area (Å²) in [5.41, 5.74) is -0.101. The summed E-state index contributed by atoms with van der Waals surface area (Å²) in [5, 5.41) is 2.43. The topological polar surface area (TPSA) is 63.2 Å². The second-order valence-corrected chi connectivity index (χ2v) is 8.71. The van der Waals surface area contributed by atoms with Gasteiger partial charge in [0.1, 0.15) is 10.7 Å². The van der Waals surface area contributed by atoms with Crippen LogP contribution in [-0.4, -0.2) is 20.9 Å². The molecule has 0 unspecified atom stereocenters. The van der Waals surface area contributed by atoms with E-state index >= 15 is 0 Å². The van der Waals surface area contributed by atoms with Gasteiger partial charge >= 0.3 is 0 Å². The molecule has 0 aliphatic heterocycles. The van der Waals surface area contributed by atoms with Gasteiger partial charge in [0, 0.05) is 17.2 Å². The highest BCUT2D eigenvalue weighted by atomic mass is 35.7. The molecule has 21 heavy (non-hydrogen) atoms. The van der Waals surface area contributed by atoms with Crippen LogP contribution in [0.5, 0.6) is 0 Å². The predicted molar refractivity (Wildman–Crippen MR) is 80.9 cm³/mol. The highest BCUT2D eigenvalue weighted by Crippen LogP contribution is 2.26. The largest absolute Gasteiger partial charge is 0.352 e. The number of carbonyl (C=O) groups excluding carboxylic acids is 1. The molecule has 1 N–H and O–H groups in total. The Kier molecular flexibility index (Phi) is 5.63. The van der Waals surface area contributed by atoms with Crippen molar-refractivity contribution < 1.29 is 17.6 Å². The average molecular weight is 356 g/mol. The van der Waals surface area contributed by atoms with Crippen molar-refractivity contribution in [3.05, 3.63) is 28.5 Å². The zero-order chi connectivity index (χ0) is 16.4. The third-order valence-electron chi connectivity index (χ3n) is 2.69. The molecule has 1 aromatic carbocycles. The molecule has 0 bridgehead atoms. The maximum absolute atomic E-state index is 13.5. The van der Waals surface area contributed by atoms with Crippen LogP contribution in [0.15, 0.2) is 17.0 Å². The quantitative estimate of drug-likeness (QED) is 0.839. The first-order chi connectivity index (χ1) is 9.42. The lowest BCUT2D eigenvalue weighted by molar-refractivity contribution is 0.0949. The molecule has 0 heterocycles. The lowest BCUT2D eigenvalue weighted by atomic mass is 9.92. The standard InChI is InChI=1S/C13H16Cl2FNO3S/c1-13(2,3)4-5-17-12(18)8-6-11(21(15,19)20)10(16)7-9(8)14/h6-7H,4-5H2,1-3H3,(H,17,18). The molecular formula is C13H16Cl2FNO3S. The van der Waals surface area contributed by atoms with E-state index in [-0.39, 0.29) is 16.0 Å². The lowest BCUT2D eigenvalue weighted by Gasteiger charge is -2.18. The third kappa shape index (κ3) is 5.45. The molecule has 1 aromatic rings. The number of benzene rings is 1. The monoisotopic (exact) mass is 355 g/mol. The van der Waals surface area contributed by atoms with E-state index in [0.717, 1.165) is 18.6 Å². The Balaban J connectivity index is 3.00. The Morgan fingerprint density at radius 3 is 2.38 bits per heavy atom. The molecule has 1 rings (SSSR count). The molecule has 0 radical (unpaired) electrons. The summed E-state index contributed by atoms with van der Waals surface area (Å²) in [6, 6.07) is 1.60. The molecule has 0 spiro atoms. The van der Waals surface area contributed by atoms with Crippen LogP contribution >= 0.6 is 22.3 Å². The summed E-state index contributed by atoms with van der Waals surface area (Å²) < 4.78 is 36.0. The van der Waals surface area contributed by atoms with Crippen molar-refractivity contribution in [2.45, 2.75) is 32.1 Å². The van der Waals surface area contributed by atoms with Crippen LogP contribution in [0.3, 0.4) is 0 Å². The van der Waals surface area contributed by atoms with E-state index in [9.17, 15) is 17.6 Å². The van der Waals surface area contributed by atoms with Gasteiger partial charge in [-0.2, -0.15) is 0 Å². The smallest absolute Gasteiger partial charge is 0.264 e. The Bertz CT molecular complexity index is 654. The van der Waals surface area contributed by atoms with Crippen LogP contribution in [0.1, 0.15) is 37.6 Å². The Hall–Kier alpha value is -0.850. The van der Waals surface area contributed by atoms with Crippen LogP contribution in [0.25, 0.3) is 0 Å². The van der Waals surface area contributed by atoms with Gasteiger partial charge in [0.25, 0.3) is 15.0 Å². The van der Waals surface area contributed by atoms with Crippen LogP contribution in [0, 0.1) is 11.2 Å².